The summed E-state index contributed by atoms with van der Waals surface area (Å²) in [7, 11) is 0. The summed E-state index contributed by atoms with van der Waals surface area (Å²) >= 11 is 0. The normalized spacial score (nSPS) is 28.4. The van der Waals surface area contributed by atoms with E-state index in [4.69, 9.17) is 5.73 Å². The lowest BCUT2D eigenvalue weighted by atomic mass is 9.78. The van der Waals surface area contributed by atoms with Crippen LogP contribution in [0.2, 0.25) is 0 Å². The second-order valence-corrected chi connectivity index (χ2v) is 4.87. The minimum Gasteiger partial charge on any atom is -0.327 e. The third-order valence-electron chi connectivity index (χ3n) is 3.73. The van der Waals surface area contributed by atoms with Crippen molar-refractivity contribution in [2.45, 2.75) is 32.2 Å². The maximum Gasteiger partial charge on any atom is 0.170 e. The van der Waals surface area contributed by atoms with Crippen molar-refractivity contribution in [3.63, 3.8) is 0 Å². The number of rotatable bonds is 2. The molecule has 0 saturated heterocycles. The maximum absolute atomic E-state index is 13.1. The molecule has 0 bridgehead atoms. The highest BCUT2D eigenvalue weighted by Crippen LogP contribution is 2.39. The van der Waals surface area contributed by atoms with Crippen molar-refractivity contribution in [1.29, 1.82) is 0 Å². The Morgan fingerprint density at radius 1 is 1.41 bits per heavy atom. The minimum absolute atomic E-state index is 0.193. The Bertz CT molecular complexity index is 461. The van der Waals surface area contributed by atoms with Crippen LogP contribution in [0.3, 0.4) is 0 Å². The van der Waals surface area contributed by atoms with Gasteiger partial charge in [-0.2, -0.15) is 0 Å². The van der Waals surface area contributed by atoms with Gasteiger partial charge in [-0.25, -0.2) is 8.78 Å². The molecule has 92 valence electrons. The molecule has 1 saturated carbocycles. The van der Waals surface area contributed by atoms with E-state index < -0.39 is 17.0 Å². The molecule has 17 heavy (non-hydrogen) atoms. The van der Waals surface area contributed by atoms with E-state index in [0.717, 1.165) is 25.0 Å². The first-order valence-electron chi connectivity index (χ1n) is 5.70. The van der Waals surface area contributed by atoms with E-state index in [-0.39, 0.29) is 17.4 Å². The lowest BCUT2D eigenvalue weighted by Crippen LogP contribution is -2.41. The quantitative estimate of drug-likeness (QED) is 0.806. The minimum atomic E-state index is -0.994. The summed E-state index contributed by atoms with van der Waals surface area (Å²) in [6.07, 6.45) is 2.39. The first-order valence-corrected chi connectivity index (χ1v) is 5.70. The highest BCUT2D eigenvalue weighted by molar-refractivity contribution is 6.01. The number of carbonyl (C=O) groups is 1. The van der Waals surface area contributed by atoms with Crippen LogP contribution in [0.25, 0.3) is 0 Å². The predicted molar refractivity (Wildman–Crippen MR) is 60.6 cm³/mol. The molecule has 0 radical (unpaired) electrons. The Balaban J connectivity index is 2.34. The third-order valence-corrected chi connectivity index (χ3v) is 3.73. The molecule has 2 atom stereocenters. The van der Waals surface area contributed by atoms with Gasteiger partial charge in [-0.15, -0.1) is 0 Å². The smallest absolute Gasteiger partial charge is 0.170 e. The van der Waals surface area contributed by atoms with Crippen molar-refractivity contribution in [1.82, 2.24) is 0 Å². The molecule has 2 nitrogen and oxygen atoms in total. The van der Waals surface area contributed by atoms with Crippen LogP contribution in [0.15, 0.2) is 18.2 Å². The van der Waals surface area contributed by atoms with Crippen molar-refractivity contribution >= 4 is 5.78 Å². The summed E-state index contributed by atoms with van der Waals surface area (Å²) in [5.74, 6) is -2.13. The zero-order chi connectivity index (χ0) is 12.6. The number of halogens is 2. The summed E-state index contributed by atoms with van der Waals surface area (Å²) in [5.41, 5.74) is 5.48. The van der Waals surface area contributed by atoms with Gasteiger partial charge in [0.2, 0.25) is 0 Å². The average molecular weight is 239 g/mol. The van der Waals surface area contributed by atoms with Crippen LogP contribution in [0.4, 0.5) is 8.78 Å². The monoisotopic (exact) mass is 239 g/mol. The van der Waals surface area contributed by atoms with Gasteiger partial charge in [0.05, 0.1) is 0 Å². The molecule has 4 heteroatoms. The molecule has 2 unspecified atom stereocenters. The largest absolute Gasteiger partial charge is 0.327 e. The number of nitrogens with two attached hydrogens (primary N) is 1. The Kier molecular flexibility index (Phi) is 3.00. The van der Waals surface area contributed by atoms with Crippen molar-refractivity contribution < 1.29 is 13.6 Å². The molecule has 1 aromatic rings. The van der Waals surface area contributed by atoms with Gasteiger partial charge in [-0.1, -0.05) is 13.3 Å². The first kappa shape index (κ1) is 12.2. The van der Waals surface area contributed by atoms with Gasteiger partial charge in [0.25, 0.3) is 0 Å². The van der Waals surface area contributed by atoms with Crippen molar-refractivity contribution in [3.8, 4) is 0 Å². The van der Waals surface area contributed by atoms with Gasteiger partial charge in [0, 0.05) is 17.0 Å². The standard InChI is InChI=1S/C13H15F2NO/c1-13(6-2-3-11(13)16)12(17)8-4-5-9(14)10(15)7-8/h4-5,7,11H,2-3,6,16H2,1H3. The topological polar surface area (TPSA) is 43.1 Å². The van der Waals surface area contributed by atoms with Gasteiger partial charge in [-0.05, 0) is 31.0 Å². The van der Waals surface area contributed by atoms with Gasteiger partial charge < -0.3 is 5.73 Å². The molecular formula is C13H15F2NO. The molecule has 1 fully saturated rings. The van der Waals surface area contributed by atoms with E-state index in [1.54, 1.807) is 6.92 Å². The second-order valence-electron chi connectivity index (χ2n) is 4.87. The zero-order valence-electron chi connectivity index (χ0n) is 9.67. The fraction of sp³-hybridized carbons (Fsp3) is 0.462. The maximum atomic E-state index is 13.1. The second kappa shape index (κ2) is 4.18. The van der Waals surface area contributed by atoms with Crippen LogP contribution in [-0.2, 0) is 0 Å². The van der Waals surface area contributed by atoms with Crippen LogP contribution in [0.1, 0.15) is 36.5 Å². The molecule has 0 spiro atoms. The molecule has 2 N–H and O–H groups in total. The van der Waals surface area contributed by atoms with E-state index in [1.165, 1.54) is 6.07 Å². The van der Waals surface area contributed by atoms with Crippen molar-refractivity contribution in [3.05, 3.63) is 35.4 Å². The number of Topliss-reactive ketones (excluding diaryl/α,β-unsaturated/α-hetero) is 1. The van der Waals surface area contributed by atoms with Gasteiger partial charge in [-0.3, -0.25) is 4.79 Å². The van der Waals surface area contributed by atoms with Gasteiger partial charge in [0.15, 0.2) is 17.4 Å². The van der Waals surface area contributed by atoms with Crippen LogP contribution < -0.4 is 5.73 Å². The number of hydrogen-bond acceptors (Lipinski definition) is 2. The number of benzene rings is 1. The lowest BCUT2D eigenvalue weighted by molar-refractivity contribution is 0.0802. The van der Waals surface area contributed by atoms with Crippen LogP contribution in [-0.4, -0.2) is 11.8 Å². The highest BCUT2D eigenvalue weighted by atomic mass is 19.2. The number of hydrogen-bond donors (Lipinski definition) is 1. The van der Waals surface area contributed by atoms with Gasteiger partial charge >= 0.3 is 0 Å². The molecule has 1 aromatic carbocycles. The zero-order valence-corrected chi connectivity index (χ0v) is 9.67. The highest BCUT2D eigenvalue weighted by Gasteiger charge is 2.43. The molecular weight excluding hydrogens is 224 g/mol. The molecule has 2 rings (SSSR count). The van der Waals surface area contributed by atoms with Crippen LogP contribution >= 0.6 is 0 Å². The average Bonchev–Trinajstić information content (AvgIpc) is 2.63. The lowest BCUT2D eigenvalue weighted by Gasteiger charge is -2.27. The van der Waals surface area contributed by atoms with Crippen molar-refractivity contribution in [2.24, 2.45) is 11.1 Å². The van der Waals surface area contributed by atoms with Crippen molar-refractivity contribution in [2.75, 3.05) is 0 Å². The Labute approximate surface area is 98.8 Å². The van der Waals surface area contributed by atoms with Crippen LogP contribution in [0, 0.1) is 17.0 Å². The first-order chi connectivity index (χ1) is 7.95. The van der Waals surface area contributed by atoms with E-state index in [2.05, 4.69) is 0 Å². The molecule has 0 amide bonds. The molecule has 0 heterocycles. The van der Waals surface area contributed by atoms with E-state index in [9.17, 15) is 13.6 Å². The SMILES string of the molecule is CC1(C(=O)c2ccc(F)c(F)c2)CCCC1N. The number of ketones is 1. The molecule has 0 aromatic heterocycles. The summed E-state index contributed by atoms with van der Waals surface area (Å²) < 4.78 is 25.9. The fourth-order valence-electron chi connectivity index (χ4n) is 2.44. The molecule has 1 aliphatic rings. The van der Waals surface area contributed by atoms with E-state index in [1.807, 2.05) is 0 Å². The van der Waals surface area contributed by atoms with E-state index in [0.29, 0.717) is 6.42 Å². The molecule has 1 aliphatic carbocycles. The van der Waals surface area contributed by atoms with E-state index >= 15 is 0 Å². The molecule has 0 aliphatic heterocycles. The van der Waals surface area contributed by atoms with Crippen LogP contribution in [0.5, 0.6) is 0 Å². The summed E-state index contributed by atoms with van der Waals surface area (Å²) in [5, 5.41) is 0. The summed E-state index contributed by atoms with van der Waals surface area (Å²) in [6.45, 7) is 1.80. The number of carbonyl (C=O) groups excluding carboxylic acids is 1. The third kappa shape index (κ3) is 1.97. The fourth-order valence-corrected chi connectivity index (χ4v) is 2.44. The predicted octanol–water partition coefficient (Wildman–Crippen LogP) is 2.67. The van der Waals surface area contributed by atoms with Gasteiger partial charge in [0.1, 0.15) is 0 Å². The summed E-state index contributed by atoms with van der Waals surface area (Å²) in [6, 6.07) is 3.04. The Morgan fingerprint density at radius 3 is 2.65 bits per heavy atom. The Hall–Kier alpha value is -1.29. The summed E-state index contributed by atoms with van der Waals surface area (Å²) in [4.78, 5) is 12.3. The Morgan fingerprint density at radius 2 is 2.12 bits per heavy atom.